The third-order valence-corrected chi connectivity index (χ3v) is 4.78. The second-order valence-electron chi connectivity index (χ2n) is 6.87. The van der Waals surface area contributed by atoms with E-state index in [-0.39, 0.29) is 30.6 Å². The van der Waals surface area contributed by atoms with Crippen molar-refractivity contribution in [3.05, 3.63) is 35.5 Å². The fourth-order valence-electron chi connectivity index (χ4n) is 3.62. The minimum atomic E-state index is -0.288. The molecular weight excluding hydrogens is 348 g/mol. The maximum absolute atomic E-state index is 13.1. The van der Waals surface area contributed by atoms with Gasteiger partial charge in [0.05, 0.1) is 38.0 Å². The summed E-state index contributed by atoms with van der Waals surface area (Å²) in [7, 11) is 3.14. The molecule has 3 rings (SSSR count). The highest BCUT2D eigenvalue weighted by Gasteiger charge is 2.42. The lowest BCUT2D eigenvalue weighted by Crippen LogP contribution is -2.47. The van der Waals surface area contributed by atoms with Gasteiger partial charge in [-0.05, 0) is 31.5 Å². The number of ether oxygens (including phenoxy) is 3. The van der Waals surface area contributed by atoms with Crippen LogP contribution in [0.3, 0.4) is 0 Å². The number of methoxy groups -OCH3 is 2. The first-order valence-corrected chi connectivity index (χ1v) is 9.10. The molecule has 1 saturated heterocycles. The number of hydrogen-bond donors (Lipinski definition) is 0. The maximum Gasteiger partial charge on any atom is 0.277 e. The molecule has 2 atom stereocenters. The van der Waals surface area contributed by atoms with Crippen LogP contribution in [-0.4, -0.2) is 74.3 Å². The summed E-state index contributed by atoms with van der Waals surface area (Å²) in [5, 5.41) is 0. The molecule has 0 N–H and O–H groups in total. The molecule has 1 aromatic carbocycles. The van der Waals surface area contributed by atoms with Crippen LogP contribution in [0.25, 0.3) is 5.57 Å². The Kier molecular flexibility index (Phi) is 5.82. The zero-order valence-electron chi connectivity index (χ0n) is 16.2. The van der Waals surface area contributed by atoms with Crippen LogP contribution >= 0.6 is 0 Å². The van der Waals surface area contributed by atoms with E-state index in [1.807, 2.05) is 30.9 Å². The van der Waals surface area contributed by atoms with E-state index in [9.17, 15) is 9.59 Å². The molecule has 27 heavy (non-hydrogen) atoms. The van der Waals surface area contributed by atoms with Crippen molar-refractivity contribution in [2.45, 2.75) is 26.1 Å². The first-order chi connectivity index (χ1) is 13.0. The number of amides is 2. The molecular formula is C20H26N2O5. The molecule has 0 radical (unpaired) electrons. The van der Waals surface area contributed by atoms with Crippen molar-refractivity contribution in [3.63, 3.8) is 0 Å². The number of imide groups is 1. The van der Waals surface area contributed by atoms with Gasteiger partial charge in [0.1, 0.15) is 11.4 Å². The van der Waals surface area contributed by atoms with E-state index in [2.05, 4.69) is 0 Å². The van der Waals surface area contributed by atoms with Crippen LogP contribution in [0.2, 0.25) is 0 Å². The molecule has 2 aliphatic rings. The lowest BCUT2D eigenvalue weighted by Gasteiger charge is -2.37. The molecule has 1 aromatic rings. The van der Waals surface area contributed by atoms with Gasteiger partial charge in [0.25, 0.3) is 11.8 Å². The van der Waals surface area contributed by atoms with E-state index in [0.717, 1.165) is 0 Å². The number of carbonyl (C=O) groups excluding carboxylic acids is 2. The average molecular weight is 374 g/mol. The number of nitrogens with zero attached hydrogens (tertiary/aromatic N) is 2. The summed E-state index contributed by atoms with van der Waals surface area (Å²) in [6.07, 6.45) is -0.0383. The molecule has 0 bridgehead atoms. The van der Waals surface area contributed by atoms with Gasteiger partial charge in [0, 0.05) is 20.2 Å². The smallest absolute Gasteiger partial charge is 0.277 e. The van der Waals surface area contributed by atoms with Gasteiger partial charge >= 0.3 is 0 Å². The molecule has 2 unspecified atom stereocenters. The third kappa shape index (κ3) is 3.84. The summed E-state index contributed by atoms with van der Waals surface area (Å²) in [5.74, 6) is 0.135. The van der Waals surface area contributed by atoms with Crippen LogP contribution in [0.1, 0.15) is 19.4 Å². The van der Waals surface area contributed by atoms with E-state index in [1.165, 1.54) is 4.90 Å². The van der Waals surface area contributed by atoms with Gasteiger partial charge in [0.15, 0.2) is 0 Å². The van der Waals surface area contributed by atoms with Crippen molar-refractivity contribution in [3.8, 4) is 5.75 Å². The topological polar surface area (TPSA) is 68.3 Å². The fourth-order valence-corrected chi connectivity index (χ4v) is 3.62. The van der Waals surface area contributed by atoms with Crippen LogP contribution in [0, 0.1) is 0 Å². The molecule has 0 aromatic heterocycles. The second-order valence-corrected chi connectivity index (χ2v) is 6.87. The summed E-state index contributed by atoms with van der Waals surface area (Å²) < 4.78 is 16.1. The van der Waals surface area contributed by atoms with Crippen molar-refractivity contribution < 1.29 is 23.8 Å². The SMILES string of the molecule is COCCN1C(=O)C(c2ccc(OC)cc2)=C(N2CC(C)OC(C)C2)C1=O. The first-order valence-electron chi connectivity index (χ1n) is 9.10. The summed E-state index contributed by atoms with van der Waals surface area (Å²) in [5.41, 5.74) is 1.58. The lowest BCUT2D eigenvalue weighted by molar-refractivity contribution is -0.139. The predicted molar refractivity (Wildman–Crippen MR) is 100 cm³/mol. The monoisotopic (exact) mass is 374 g/mol. The Bertz CT molecular complexity index is 733. The van der Waals surface area contributed by atoms with Gasteiger partial charge in [-0.15, -0.1) is 0 Å². The summed E-state index contributed by atoms with van der Waals surface area (Å²) in [4.78, 5) is 29.5. The Hall–Kier alpha value is -2.38. The number of hydrogen-bond acceptors (Lipinski definition) is 6. The zero-order chi connectivity index (χ0) is 19.6. The minimum Gasteiger partial charge on any atom is -0.497 e. The molecule has 7 nitrogen and oxygen atoms in total. The lowest BCUT2D eigenvalue weighted by atomic mass is 10.0. The highest BCUT2D eigenvalue weighted by atomic mass is 16.5. The molecule has 7 heteroatoms. The van der Waals surface area contributed by atoms with Crippen molar-refractivity contribution in [1.29, 1.82) is 0 Å². The van der Waals surface area contributed by atoms with E-state index in [1.54, 1.807) is 26.4 Å². The van der Waals surface area contributed by atoms with Crippen molar-refractivity contribution in [1.82, 2.24) is 9.80 Å². The van der Waals surface area contributed by atoms with Crippen LogP contribution in [0.5, 0.6) is 5.75 Å². The largest absolute Gasteiger partial charge is 0.497 e. The molecule has 2 heterocycles. The Morgan fingerprint density at radius 1 is 1.04 bits per heavy atom. The van der Waals surface area contributed by atoms with E-state index in [4.69, 9.17) is 14.2 Å². The van der Waals surface area contributed by atoms with Gasteiger partial charge in [-0.3, -0.25) is 14.5 Å². The second kappa shape index (κ2) is 8.10. The first kappa shape index (κ1) is 19.4. The minimum absolute atomic E-state index is 0.0192. The average Bonchev–Trinajstić information content (AvgIpc) is 2.89. The van der Waals surface area contributed by atoms with Crippen LogP contribution < -0.4 is 4.74 Å². The Morgan fingerprint density at radius 2 is 1.67 bits per heavy atom. The van der Waals surface area contributed by atoms with Crippen molar-refractivity contribution >= 4 is 17.4 Å². The van der Waals surface area contributed by atoms with Crippen LogP contribution in [0.15, 0.2) is 30.0 Å². The number of morpholine rings is 1. The number of benzene rings is 1. The quantitative estimate of drug-likeness (QED) is 0.704. The number of carbonyl (C=O) groups is 2. The molecule has 1 fully saturated rings. The van der Waals surface area contributed by atoms with Gasteiger partial charge in [-0.1, -0.05) is 12.1 Å². The molecule has 0 spiro atoms. The fraction of sp³-hybridized carbons (Fsp3) is 0.500. The van der Waals surface area contributed by atoms with E-state index in [0.29, 0.717) is 42.3 Å². The maximum atomic E-state index is 13.1. The summed E-state index contributed by atoms with van der Waals surface area (Å²) in [6, 6.07) is 7.21. The van der Waals surface area contributed by atoms with E-state index < -0.39 is 0 Å². The highest BCUT2D eigenvalue weighted by Crippen LogP contribution is 2.33. The molecule has 0 aliphatic carbocycles. The van der Waals surface area contributed by atoms with E-state index >= 15 is 0 Å². The Balaban J connectivity index is 2.03. The van der Waals surface area contributed by atoms with Crippen LogP contribution in [-0.2, 0) is 19.1 Å². The van der Waals surface area contributed by atoms with Crippen molar-refractivity contribution in [2.75, 3.05) is 40.5 Å². The Morgan fingerprint density at radius 3 is 2.22 bits per heavy atom. The third-order valence-electron chi connectivity index (χ3n) is 4.78. The van der Waals surface area contributed by atoms with Crippen LogP contribution in [0.4, 0.5) is 0 Å². The molecule has 2 aliphatic heterocycles. The zero-order valence-corrected chi connectivity index (χ0v) is 16.2. The number of rotatable bonds is 6. The summed E-state index contributed by atoms with van der Waals surface area (Å²) in [6.45, 7) is 5.61. The molecule has 0 saturated carbocycles. The van der Waals surface area contributed by atoms with Gasteiger partial charge in [0.2, 0.25) is 0 Å². The van der Waals surface area contributed by atoms with Crippen molar-refractivity contribution in [2.24, 2.45) is 0 Å². The van der Waals surface area contributed by atoms with Gasteiger partial charge in [-0.25, -0.2) is 0 Å². The van der Waals surface area contributed by atoms with Gasteiger partial charge < -0.3 is 19.1 Å². The summed E-state index contributed by atoms with van der Waals surface area (Å²) >= 11 is 0. The standard InChI is InChI=1S/C20H26N2O5/c1-13-11-21(12-14(2)27-13)18-17(15-5-7-16(26-4)8-6-15)19(23)22(20(18)24)9-10-25-3/h5-8,13-14H,9-12H2,1-4H3. The van der Waals surface area contributed by atoms with Gasteiger partial charge in [-0.2, -0.15) is 0 Å². The predicted octanol–water partition coefficient (Wildman–Crippen LogP) is 1.53. The Labute approximate surface area is 159 Å². The highest BCUT2D eigenvalue weighted by molar-refractivity contribution is 6.35. The molecule has 146 valence electrons. The molecule has 2 amide bonds. The normalized spacial score (nSPS) is 23.4.